The number of carbonyl (C=O) groups excluding carboxylic acids is 1. The normalized spacial score (nSPS) is 14.3. The van der Waals surface area contributed by atoms with Gasteiger partial charge in [0.1, 0.15) is 24.7 Å². The van der Waals surface area contributed by atoms with E-state index in [9.17, 15) is 4.79 Å². The lowest BCUT2D eigenvalue weighted by Crippen LogP contribution is -2.31. The maximum Gasteiger partial charge on any atom is 0.255 e. The van der Waals surface area contributed by atoms with Gasteiger partial charge >= 0.3 is 0 Å². The van der Waals surface area contributed by atoms with Gasteiger partial charge in [-0.25, -0.2) is 4.68 Å². The molecule has 0 spiro atoms. The summed E-state index contributed by atoms with van der Waals surface area (Å²) in [5.74, 6) is 1.94. The molecule has 0 saturated carbocycles. The van der Waals surface area contributed by atoms with E-state index in [0.29, 0.717) is 50.2 Å². The zero-order valence-electron chi connectivity index (χ0n) is 21.4. The minimum Gasteiger partial charge on any atom is -0.497 e. The number of ether oxygens (including phenoxy) is 3. The quantitative estimate of drug-likeness (QED) is 0.266. The van der Waals surface area contributed by atoms with Crippen LogP contribution < -0.4 is 24.8 Å². The number of allylic oxidation sites excluding steroid dienone is 1. The second-order valence-corrected chi connectivity index (χ2v) is 9.56. The predicted molar refractivity (Wildman–Crippen MR) is 150 cm³/mol. The van der Waals surface area contributed by atoms with E-state index in [1.54, 1.807) is 61.4 Å². The number of amides is 1. The Labute approximate surface area is 235 Å². The van der Waals surface area contributed by atoms with E-state index in [1.807, 2.05) is 25.1 Å². The van der Waals surface area contributed by atoms with E-state index >= 15 is 0 Å². The molecule has 9 nitrogen and oxygen atoms in total. The van der Waals surface area contributed by atoms with Gasteiger partial charge in [0.2, 0.25) is 5.95 Å². The molecule has 1 amide bonds. The molecule has 2 N–H and O–H groups in total. The van der Waals surface area contributed by atoms with Gasteiger partial charge in [0.05, 0.1) is 19.8 Å². The second kappa shape index (κ2) is 11.3. The molecular weight excluding hydrogens is 541 g/mol. The van der Waals surface area contributed by atoms with Gasteiger partial charge in [-0.05, 0) is 61.0 Å². The molecule has 5 rings (SSSR count). The number of aromatic nitrogens is 3. The Balaban J connectivity index is 1.45. The van der Waals surface area contributed by atoms with E-state index in [0.717, 1.165) is 11.1 Å². The fraction of sp³-hybridized carbons (Fsp3) is 0.179. The highest BCUT2D eigenvalue weighted by atomic mass is 35.5. The fourth-order valence-corrected chi connectivity index (χ4v) is 4.80. The van der Waals surface area contributed by atoms with Crippen LogP contribution in [0.25, 0.3) is 0 Å². The summed E-state index contributed by atoms with van der Waals surface area (Å²) in [4.78, 5) is 17.9. The van der Waals surface area contributed by atoms with Crippen molar-refractivity contribution in [1.29, 1.82) is 0 Å². The highest BCUT2D eigenvalue weighted by molar-refractivity contribution is 6.35. The molecule has 1 aliphatic rings. The Bertz CT molecular complexity index is 1550. The van der Waals surface area contributed by atoms with Crippen LogP contribution in [0, 0.1) is 0 Å². The van der Waals surface area contributed by atoms with Crippen molar-refractivity contribution < 1.29 is 19.0 Å². The molecule has 1 atom stereocenters. The lowest BCUT2D eigenvalue weighted by Gasteiger charge is -2.29. The molecule has 0 saturated heterocycles. The van der Waals surface area contributed by atoms with Gasteiger partial charge in [0.15, 0.2) is 11.5 Å². The Morgan fingerprint density at radius 3 is 2.54 bits per heavy atom. The Morgan fingerprint density at radius 2 is 1.82 bits per heavy atom. The van der Waals surface area contributed by atoms with Gasteiger partial charge in [0, 0.05) is 27.0 Å². The molecule has 4 aromatic rings. The number of anilines is 2. The van der Waals surface area contributed by atoms with Gasteiger partial charge < -0.3 is 24.8 Å². The summed E-state index contributed by atoms with van der Waals surface area (Å²) < 4.78 is 18.6. The second-order valence-electron chi connectivity index (χ2n) is 8.71. The average molecular weight is 566 g/mol. The minimum absolute atomic E-state index is 0.223. The molecule has 200 valence electrons. The van der Waals surface area contributed by atoms with Crippen LogP contribution in [0.15, 0.2) is 78.3 Å². The van der Waals surface area contributed by atoms with Gasteiger partial charge in [0.25, 0.3) is 5.91 Å². The van der Waals surface area contributed by atoms with E-state index in [4.69, 9.17) is 37.4 Å². The molecule has 0 bridgehead atoms. The number of fused-ring (bicyclic) bond motifs is 1. The molecule has 0 radical (unpaired) electrons. The summed E-state index contributed by atoms with van der Waals surface area (Å²) in [5.41, 5.74) is 3.31. The number of methoxy groups -OCH3 is 2. The number of hydrogen-bond acceptors (Lipinski definition) is 7. The van der Waals surface area contributed by atoms with E-state index in [1.165, 1.54) is 6.33 Å². The first kappa shape index (κ1) is 26.4. The van der Waals surface area contributed by atoms with Crippen LogP contribution in [0.2, 0.25) is 10.0 Å². The lowest BCUT2D eigenvalue weighted by molar-refractivity contribution is -0.113. The zero-order valence-corrected chi connectivity index (χ0v) is 22.9. The third-order valence-corrected chi connectivity index (χ3v) is 6.88. The zero-order chi connectivity index (χ0) is 27.5. The summed E-state index contributed by atoms with van der Waals surface area (Å²) in [6.07, 6.45) is 1.44. The van der Waals surface area contributed by atoms with E-state index < -0.39 is 6.04 Å². The van der Waals surface area contributed by atoms with Crippen LogP contribution >= 0.6 is 23.2 Å². The molecule has 0 fully saturated rings. The first-order valence-corrected chi connectivity index (χ1v) is 12.7. The summed E-state index contributed by atoms with van der Waals surface area (Å²) in [6, 6.07) is 17.3. The van der Waals surface area contributed by atoms with Gasteiger partial charge in [-0.3, -0.25) is 4.79 Å². The maximum absolute atomic E-state index is 13.6. The van der Waals surface area contributed by atoms with Crippen molar-refractivity contribution >= 4 is 40.7 Å². The van der Waals surface area contributed by atoms with Crippen molar-refractivity contribution in [3.8, 4) is 17.2 Å². The largest absolute Gasteiger partial charge is 0.497 e. The van der Waals surface area contributed by atoms with Crippen molar-refractivity contribution in [3.63, 3.8) is 0 Å². The molecule has 39 heavy (non-hydrogen) atoms. The number of halogens is 2. The third-order valence-electron chi connectivity index (χ3n) is 6.29. The smallest absolute Gasteiger partial charge is 0.255 e. The summed E-state index contributed by atoms with van der Waals surface area (Å²) in [5, 5.41) is 11.6. The van der Waals surface area contributed by atoms with E-state index in [-0.39, 0.29) is 12.5 Å². The first-order valence-electron chi connectivity index (χ1n) is 11.9. The van der Waals surface area contributed by atoms with E-state index in [2.05, 4.69) is 20.7 Å². The molecule has 2 heterocycles. The topological polar surface area (TPSA) is 99.5 Å². The van der Waals surface area contributed by atoms with Crippen molar-refractivity contribution in [2.24, 2.45) is 0 Å². The number of rotatable bonds is 8. The molecule has 1 aromatic heterocycles. The molecule has 3 aromatic carbocycles. The summed E-state index contributed by atoms with van der Waals surface area (Å²) in [6.45, 7) is 2.06. The third kappa shape index (κ3) is 5.50. The number of hydrogen-bond donors (Lipinski definition) is 2. The lowest BCUT2D eigenvalue weighted by atomic mass is 9.94. The SMILES string of the molecule is COc1ccc(NC(=O)C2=C(C)Nc3ncnn3[C@@H]2c2ccc(OCc3ccc(Cl)cc3Cl)c(OC)c2)cc1. The number of benzene rings is 3. The maximum atomic E-state index is 13.6. The van der Waals surface area contributed by atoms with Crippen LogP contribution in [0.5, 0.6) is 17.2 Å². The average Bonchev–Trinajstić information content (AvgIpc) is 3.40. The van der Waals surface area contributed by atoms with Crippen molar-refractivity contribution in [2.75, 3.05) is 24.9 Å². The van der Waals surface area contributed by atoms with Gasteiger partial charge in [-0.2, -0.15) is 10.1 Å². The highest BCUT2D eigenvalue weighted by Gasteiger charge is 2.34. The highest BCUT2D eigenvalue weighted by Crippen LogP contribution is 2.39. The Kier molecular flexibility index (Phi) is 7.63. The number of nitrogens with zero attached hydrogens (tertiary/aromatic N) is 3. The van der Waals surface area contributed by atoms with Crippen molar-refractivity contribution in [3.05, 3.63) is 99.4 Å². The van der Waals surface area contributed by atoms with Crippen LogP contribution in [0.1, 0.15) is 24.1 Å². The number of nitrogens with one attached hydrogen (secondary N) is 2. The van der Waals surface area contributed by atoms with Crippen LogP contribution in [0.4, 0.5) is 11.6 Å². The van der Waals surface area contributed by atoms with Crippen LogP contribution in [-0.2, 0) is 11.4 Å². The molecule has 0 unspecified atom stereocenters. The van der Waals surface area contributed by atoms with Crippen LogP contribution in [0.3, 0.4) is 0 Å². The van der Waals surface area contributed by atoms with Crippen molar-refractivity contribution in [1.82, 2.24) is 14.8 Å². The summed E-state index contributed by atoms with van der Waals surface area (Å²) in [7, 11) is 3.15. The Morgan fingerprint density at radius 1 is 1.03 bits per heavy atom. The molecule has 11 heteroatoms. The monoisotopic (exact) mass is 565 g/mol. The predicted octanol–water partition coefficient (Wildman–Crippen LogP) is 6.11. The minimum atomic E-state index is -0.573. The fourth-order valence-electron chi connectivity index (χ4n) is 4.33. The van der Waals surface area contributed by atoms with Crippen LogP contribution in [-0.4, -0.2) is 34.9 Å². The first-order chi connectivity index (χ1) is 18.9. The standard InChI is InChI=1S/C28H25Cl2N5O4/c1-16-25(27(36)34-20-7-9-21(37-2)10-8-20)26(35-28(33-16)31-15-32-35)17-5-11-23(24(12-17)38-3)39-14-18-4-6-19(29)13-22(18)30/h4-13,15,26H,14H2,1-3H3,(H,34,36)(H,31,32,33)/t26-/m1/s1. The van der Waals surface area contributed by atoms with Gasteiger partial charge in [-0.15, -0.1) is 0 Å². The molecule has 1 aliphatic heterocycles. The van der Waals surface area contributed by atoms with Gasteiger partial charge in [-0.1, -0.05) is 35.3 Å². The Hall–Kier alpha value is -4.21. The van der Waals surface area contributed by atoms with Crippen molar-refractivity contribution in [2.45, 2.75) is 19.6 Å². The summed E-state index contributed by atoms with van der Waals surface area (Å²) >= 11 is 12.3. The number of carbonyl (C=O) groups is 1. The molecule has 0 aliphatic carbocycles. The molecular formula is C28H25Cl2N5O4.